The predicted octanol–water partition coefficient (Wildman–Crippen LogP) is 2.40. The van der Waals surface area contributed by atoms with Gasteiger partial charge in [-0.15, -0.1) is 0 Å². The second kappa shape index (κ2) is 3.52. The number of rotatable bonds is 2. The highest BCUT2D eigenvalue weighted by Gasteiger charge is 2.25. The van der Waals surface area contributed by atoms with Gasteiger partial charge in [-0.1, -0.05) is 6.07 Å². The van der Waals surface area contributed by atoms with Crippen molar-refractivity contribution in [2.75, 3.05) is 0 Å². The summed E-state index contributed by atoms with van der Waals surface area (Å²) in [5, 5.41) is 14.2. The van der Waals surface area contributed by atoms with Crippen LogP contribution in [0.1, 0.15) is 18.1 Å². The lowest BCUT2D eigenvalue weighted by Gasteiger charge is -2.22. The average molecular weight is 205 g/mol. The average Bonchev–Trinajstić information content (AvgIpc) is 2.72. The molecule has 2 aromatic heterocycles. The summed E-state index contributed by atoms with van der Waals surface area (Å²) in [4.78, 5) is 4.00. The Morgan fingerprint density at radius 2 is 2.21 bits per heavy atom. The Morgan fingerprint density at radius 1 is 1.36 bits per heavy atom. The molecule has 72 valence electrons. The van der Waals surface area contributed by atoms with Crippen molar-refractivity contribution < 1.29 is 5.11 Å². The first kappa shape index (κ1) is 9.37. The third kappa shape index (κ3) is 1.56. The molecule has 0 aliphatic heterocycles. The number of hydrogen-bond acceptors (Lipinski definition) is 3. The summed E-state index contributed by atoms with van der Waals surface area (Å²) in [5.41, 5.74) is 0.794. The molecule has 2 rings (SSSR count). The molecule has 1 N–H and O–H groups in total. The van der Waals surface area contributed by atoms with Gasteiger partial charge < -0.3 is 5.11 Å². The summed E-state index contributed by atoms with van der Waals surface area (Å²) < 4.78 is 0. The van der Waals surface area contributed by atoms with Gasteiger partial charge >= 0.3 is 0 Å². The van der Waals surface area contributed by atoms with Crippen LogP contribution < -0.4 is 0 Å². The van der Waals surface area contributed by atoms with Gasteiger partial charge in [0.05, 0.1) is 0 Å². The lowest BCUT2D eigenvalue weighted by atomic mass is 9.92. The molecule has 0 fully saturated rings. The lowest BCUT2D eigenvalue weighted by molar-refractivity contribution is 0.102. The first-order chi connectivity index (χ1) is 6.71. The molecular formula is C11H11NOS. The molecule has 14 heavy (non-hydrogen) atoms. The highest BCUT2D eigenvalue weighted by atomic mass is 32.1. The summed E-state index contributed by atoms with van der Waals surface area (Å²) in [6.07, 6.45) is 3.39. The molecule has 0 saturated heterocycles. The van der Waals surface area contributed by atoms with Crippen LogP contribution in [0.15, 0.2) is 41.4 Å². The maximum Gasteiger partial charge on any atom is 0.114 e. The van der Waals surface area contributed by atoms with Crippen LogP contribution in [-0.2, 0) is 5.60 Å². The SMILES string of the molecule is CC(O)(c1cccnc1)c1ccsc1. The Hall–Kier alpha value is -1.19. The number of hydrogen-bond donors (Lipinski definition) is 1. The molecule has 3 heteroatoms. The normalized spacial score (nSPS) is 15.0. The van der Waals surface area contributed by atoms with Crippen molar-refractivity contribution in [3.8, 4) is 0 Å². The van der Waals surface area contributed by atoms with Crippen LogP contribution in [-0.4, -0.2) is 10.1 Å². The lowest BCUT2D eigenvalue weighted by Crippen LogP contribution is -2.21. The highest BCUT2D eigenvalue weighted by Crippen LogP contribution is 2.29. The summed E-state index contributed by atoms with van der Waals surface area (Å²) in [7, 11) is 0. The van der Waals surface area contributed by atoms with Crippen LogP contribution in [0.4, 0.5) is 0 Å². The van der Waals surface area contributed by atoms with E-state index in [9.17, 15) is 5.11 Å². The minimum atomic E-state index is -0.936. The molecule has 0 amide bonds. The minimum Gasteiger partial charge on any atom is -0.381 e. The fourth-order valence-electron chi connectivity index (χ4n) is 1.36. The van der Waals surface area contributed by atoms with Crippen molar-refractivity contribution in [3.05, 3.63) is 52.5 Å². The van der Waals surface area contributed by atoms with Crippen molar-refractivity contribution in [2.45, 2.75) is 12.5 Å². The van der Waals surface area contributed by atoms with Crippen LogP contribution in [0.3, 0.4) is 0 Å². The first-order valence-corrected chi connectivity index (χ1v) is 5.31. The fourth-order valence-corrected chi connectivity index (χ4v) is 2.12. The van der Waals surface area contributed by atoms with Gasteiger partial charge in [0, 0.05) is 18.0 Å². The second-order valence-electron chi connectivity index (χ2n) is 3.33. The van der Waals surface area contributed by atoms with E-state index in [0.29, 0.717) is 0 Å². The van der Waals surface area contributed by atoms with E-state index in [1.54, 1.807) is 30.7 Å². The Morgan fingerprint density at radius 3 is 2.79 bits per heavy atom. The Bertz CT molecular complexity index is 394. The van der Waals surface area contributed by atoms with Crippen molar-refractivity contribution in [2.24, 2.45) is 0 Å². The summed E-state index contributed by atoms with van der Waals surface area (Å²) in [6, 6.07) is 5.64. The molecule has 2 nitrogen and oxygen atoms in total. The molecule has 0 aliphatic carbocycles. The van der Waals surface area contributed by atoms with E-state index in [1.807, 2.05) is 29.0 Å². The zero-order valence-electron chi connectivity index (χ0n) is 7.84. The third-order valence-corrected chi connectivity index (χ3v) is 2.99. The number of aromatic nitrogens is 1. The standard InChI is InChI=1S/C11H11NOS/c1-11(13,10-4-6-14-8-10)9-3-2-5-12-7-9/h2-8,13H,1H3. The van der Waals surface area contributed by atoms with Gasteiger partial charge in [0.15, 0.2) is 0 Å². The molecule has 0 aliphatic rings. The maximum atomic E-state index is 10.3. The Balaban J connectivity index is 2.43. The molecule has 1 unspecified atom stereocenters. The molecule has 2 aromatic rings. The molecule has 0 radical (unpaired) electrons. The number of nitrogens with zero attached hydrogens (tertiary/aromatic N) is 1. The minimum absolute atomic E-state index is 0.818. The van der Waals surface area contributed by atoms with Gasteiger partial charge in [0.25, 0.3) is 0 Å². The van der Waals surface area contributed by atoms with Crippen molar-refractivity contribution in [1.82, 2.24) is 4.98 Å². The zero-order valence-corrected chi connectivity index (χ0v) is 8.66. The molecule has 2 heterocycles. The Kier molecular flexibility index (Phi) is 2.35. The van der Waals surface area contributed by atoms with Gasteiger partial charge in [0.1, 0.15) is 5.60 Å². The van der Waals surface area contributed by atoms with Crippen molar-refractivity contribution in [1.29, 1.82) is 0 Å². The van der Waals surface area contributed by atoms with Gasteiger partial charge in [-0.3, -0.25) is 4.98 Å². The van der Waals surface area contributed by atoms with Crippen LogP contribution in [0, 0.1) is 0 Å². The van der Waals surface area contributed by atoms with Crippen LogP contribution in [0.5, 0.6) is 0 Å². The summed E-state index contributed by atoms with van der Waals surface area (Å²) in [6.45, 7) is 1.78. The van der Waals surface area contributed by atoms with Gasteiger partial charge in [-0.05, 0) is 35.4 Å². The summed E-state index contributed by atoms with van der Waals surface area (Å²) in [5.74, 6) is 0. The van der Waals surface area contributed by atoms with E-state index in [-0.39, 0.29) is 0 Å². The molecule has 1 atom stereocenters. The topological polar surface area (TPSA) is 33.1 Å². The van der Waals surface area contributed by atoms with E-state index >= 15 is 0 Å². The highest BCUT2D eigenvalue weighted by molar-refractivity contribution is 7.08. The van der Waals surface area contributed by atoms with E-state index < -0.39 is 5.60 Å². The molecular weight excluding hydrogens is 194 g/mol. The van der Waals surface area contributed by atoms with Gasteiger partial charge in [-0.2, -0.15) is 11.3 Å². The molecule has 0 aromatic carbocycles. The van der Waals surface area contributed by atoms with Crippen LogP contribution >= 0.6 is 11.3 Å². The number of pyridine rings is 1. The third-order valence-electron chi connectivity index (χ3n) is 2.31. The van der Waals surface area contributed by atoms with Crippen LogP contribution in [0.2, 0.25) is 0 Å². The monoisotopic (exact) mass is 205 g/mol. The van der Waals surface area contributed by atoms with Crippen molar-refractivity contribution in [3.63, 3.8) is 0 Å². The zero-order chi connectivity index (χ0) is 10.0. The van der Waals surface area contributed by atoms with E-state index in [1.165, 1.54) is 0 Å². The second-order valence-corrected chi connectivity index (χ2v) is 4.11. The van der Waals surface area contributed by atoms with E-state index in [2.05, 4.69) is 4.98 Å². The quantitative estimate of drug-likeness (QED) is 0.816. The predicted molar refractivity (Wildman–Crippen MR) is 57.2 cm³/mol. The molecule has 0 bridgehead atoms. The summed E-state index contributed by atoms with van der Waals surface area (Å²) >= 11 is 1.58. The largest absolute Gasteiger partial charge is 0.381 e. The molecule has 0 spiro atoms. The fraction of sp³-hybridized carbons (Fsp3) is 0.182. The van der Waals surface area contributed by atoms with E-state index in [0.717, 1.165) is 11.1 Å². The van der Waals surface area contributed by atoms with Gasteiger partial charge in [-0.25, -0.2) is 0 Å². The van der Waals surface area contributed by atoms with Gasteiger partial charge in [0.2, 0.25) is 0 Å². The number of thiophene rings is 1. The van der Waals surface area contributed by atoms with Crippen molar-refractivity contribution >= 4 is 11.3 Å². The first-order valence-electron chi connectivity index (χ1n) is 4.37. The Labute approximate surface area is 86.9 Å². The van der Waals surface area contributed by atoms with E-state index in [4.69, 9.17) is 0 Å². The van der Waals surface area contributed by atoms with Crippen LogP contribution in [0.25, 0.3) is 0 Å². The molecule has 0 saturated carbocycles. The smallest absolute Gasteiger partial charge is 0.114 e. The number of aliphatic hydroxyl groups is 1. The maximum absolute atomic E-state index is 10.3.